The maximum atomic E-state index is 12.0. The third-order valence-electron chi connectivity index (χ3n) is 4.04. The van der Waals surface area contributed by atoms with E-state index in [0.29, 0.717) is 44.6 Å². The molecule has 1 aromatic heterocycles. The Hall–Kier alpha value is -2.09. The van der Waals surface area contributed by atoms with Crippen LogP contribution in [0.1, 0.15) is 43.0 Å². The molecular formula is C17H25N3O4S. The van der Waals surface area contributed by atoms with Gasteiger partial charge in [-0.1, -0.05) is 0 Å². The highest BCUT2D eigenvalue weighted by atomic mass is 32.1. The fraction of sp³-hybridized carbons (Fsp3) is 0.588. The second-order valence-corrected chi connectivity index (χ2v) is 6.68. The molecule has 3 amide bonds. The summed E-state index contributed by atoms with van der Waals surface area (Å²) in [6.07, 6.45) is 2.17. The van der Waals surface area contributed by atoms with Gasteiger partial charge in [-0.25, -0.2) is 4.79 Å². The molecule has 138 valence electrons. The van der Waals surface area contributed by atoms with Crippen LogP contribution in [0.5, 0.6) is 0 Å². The maximum Gasteiger partial charge on any atom is 0.409 e. The maximum absolute atomic E-state index is 12.0. The summed E-state index contributed by atoms with van der Waals surface area (Å²) < 4.78 is 4.98. The average molecular weight is 367 g/mol. The number of thiophene rings is 1. The fourth-order valence-corrected chi connectivity index (χ4v) is 3.30. The predicted octanol–water partition coefficient (Wildman–Crippen LogP) is 2.00. The molecule has 25 heavy (non-hydrogen) atoms. The Labute approximate surface area is 151 Å². The van der Waals surface area contributed by atoms with Gasteiger partial charge < -0.3 is 20.3 Å². The van der Waals surface area contributed by atoms with Crippen molar-refractivity contribution >= 4 is 29.2 Å². The van der Waals surface area contributed by atoms with Crippen molar-refractivity contribution in [1.82, 2.24) is 15.5 Å². The van der Waals surface area contributed by atoms with Crippen LogP contribution in [0.4, 0.5) is 4.79 Å². The molecule has 1 aliphatic rings. The quantitative estimate of drug-likeness (QED) is 0.722. The number of hydrogen-bond acceptors (Lipinski definition) is 5. The molecule has 0 bridgehead atoms. The van der Waals surface area contributed by atoms with Gasteiger partial charge in [0.2, 0.25) is 5.91 Å². The molecule has 0 aliphatic carbocycles. The lowest BCUT2D eigenvalue weighted by atomic mass is 10.1. The van der Waals surface area contributed by atoms with Crippen LogP contribution in [0.3, 0.4) is 0 Å². The summed E-state index contributed by atoms with van der Waals surface area (Å²) in [6, 6.07) is 1.87. The highest BCUT2D eigenvalue weighted by Crippen LogP contribution is 2.12. The molecule has 1 aromatic rings. The number of carbonyl (C=O) groups excluding carboxylic acids is 3. The second-order valence-electron chi connectivity index (χ2n) is 5.90. The highest BCUT2D eigenvalue weighted by molar-refractivity contribution is 7.08. The summed E-state index contributed by atoms with van der Waals surface area (Å²) in [7, 11) is 0. The van der Waals surface area contributed by atoms with Gasteiger partial charge in [0.1, 0.15) is 0 Å². The van der Waals surface area contributed by atoms with E-state index in [1.54, 1.807) is 23.3 Å². The number of rotatable bonds is 7. The normalized spacial score (nSPS) is 14.8. The van der Waals surface area contributed by atoms with Gasteiger partial charge in [-0.2, -0.15) is 11.3 Å². The van der Waals surface area contributed by atoms with Crippen LogP contribution in [0.25, 0.3) is 0 Å². The molecule has 0 radical (unpaired) electrons. The minimum Gasteiger partial charge on any atom is -0.450 e. The molecular weight excluding hydrogens is 342 g/mol. The number of amides is 3. The van der Waals surface area contributed by atoms with E-state index in [1.165, 1.54) is 11.3 Å². The molecule has 0 spiro atoms. The van der Waals surface area contributed by atoms with E-state index in [1.807, 2.05) is 5.38 Å². The van der Waals surface area contributed by atoms with Crippen molar-refractivity contribution in [2.75, 3.05) is 26.2 Å². The summed E-state index contributed by atoms with van der Waals surface area (Å²) in [4.78, 5) is 37.0. The fourth-order valence-electron chi connectivity index (χ4n) is 2.67. The first-order chi connectivity index (χ1) is 12.1. The van der Waals surface area contributed by atoms with Crippen LogP contribution in [-0.2, 0) is 9.53 Å². The largest absolute Gasteiger partial charge is 0.450 e. The first-order valence-corrected chi connectivity index (χ1v) is 9.56. The lowest BCUT2D eigenvalue weighted by Crippen LogP contribution is -2.46. The molecule has 2 rings (SSSR count). The number of hydrogen-bond donors (Lipinski definition) is 2. The van der Waals surface area contributed by atoms with Crippen molar-refractivity contribution in [3.05, 3.63) is 22.4 Å². The smallest absolute Gasteiger partial charge is 0.409 e. The number of nitrogens with one attached hydrogen (secondary N) is 2. The van der Waals surface area contributed by atoms with E-state index in [4.69, 9.17) is 4.74 Å². The lowest BCUT2D eigenvalue weighted by Gasteiger charge is -2.31. The van der Waals surface area contributed by atoms with Crippen molar-refractivity contribution in [3.63, 3.8) is 0 Å². The summed E-state index contributed by atoms with van der Waals surface area (Å²) in [5.41, 5.74) is 0.655. The third-order valence-corrected chi connectivity index (χ3v) is 4.72. The molecule has 8 heteroatoms. The Morgan fingerprint density at radius 1 is 1.32 bits per heavy atom. The SMILES string of the molecule is CCOC(=O)N1CCC(NC(=O)CCCNC(=O)c2ccsc2)CC1. The molecule has 7 nitrogen and oxygen atoms in total. The van der Waals surface area contributed by atoms with E-state index in [0.717, 1.165) is 12.8 Å². The number of piperidine rings is 1. The number of carbonyl (C=O) groups is 3. The van der Waals surface area contributed by atoms with E-state index >= 15 is 0 Å². The van der Waals surface area contributed by atoms with Gasteiger partial charge in [0, 0.05) is 43.0 Å². The molecule has 2 heterocycles. The molecule has 1 fully saturated rings. The molecule has 1 aliphatic heterocycles. The molecule has 0 unspecified atom stereocenters. The van der Waals surface area contributed by atoms with Gasteiger partial charge in [-0.15, -0.1) is 0 Å². The van der Waals surface area contributed by atoms with E-state index in [9.17, 15) is 14.4 Å². The van der Waals surface area contributed by atoms with Crippen molar-refractivity contribution < 1.29 is 19.1 Å². The minimum absolute atomic E-state index is 0.0145. The summed E-state index contributed by atoms with van der Waals surface area (Å²) in [5.74, 6) is -0.118. The van der Waals surface area contributed by atoms with E-state index < -0.39 is 0 Å². The zero-order valence-electron chi connectivity index (χ0n) is 14.5. The zero-order chi connectivity index (χ0) is 18.1. The molecule has 0 saturated carbocycles. The van der Waals surface area contributed by atoms with Crippen molar-refractivity contribution in [2.45, 2.75) is 38.6 Å². The van der Waals surface area contributed by atoms with Gasteiger partial charge >= 0.3 is 6.09 Å². The average Bonchev–Trinajstić information content (AvgIpc) is 3.14. The summed E-state index contributed by atoms with van der Waals surface area (Å²) >= 11 is 1.48. The standard InChI is InChI=1S/C17H25N3O4S/c1-2-24-17(23)20-9-5-14(6-10-20)19-15(21)4-3-8-18-16(22)13-7-11-25-12-13/h7,11-12,14H,2-6,8-10H2,1H3,(H,18,22)(H,19,21). The van der Waals surface area contributed by atoms with Crippen LogP contribution >= 0.6 is 11.3 Å². The van der Waals surface area contributed by atoms with Crippen molar-refractivity contribution in [3.8, 4) is 0 Å². The Bertz CT molecular complexity index is 568. The van der Waals surface area contributed by atoms with Crippen molar-refractivity contribution in [1.29, 1.82) is 0 Å². The third kappa shape index (κ3) is 6.38. The first kappa shape index (κ1) is 19.2. The van der Waals surface area contributed by atoms with Crippen LogP contribution in [0, 0.1) is 0 Å². The lowest BCUT2D eigenvalue weighted by molar-refractivity contribution is -0.122. The zero-order valence-corrected chi connectivity index (χ0v) is 15.3. The van der Waals surface area contributed by atoms with Crippen LogP contribution in [-0.4, -0.2) is 55.1 Å². The Morgan fingerprint density at radius 2 is 2.08 bits per heavy atom. The number of nitrogens with zero attached hydrogens (tertiary/aromatic N) is 1. The van der Waals surface area contributed by atoms with Gasteiger partial charge in [-0.3, -0.25) is 9.59 Å². The van der Waals surface area contributed by atoms with Crippen LogP contribution < -0.4 is 10.6 Å². The molecule has 1 saturated heterocycles. The van der Waals surface area contributed by atoms with Gasteiger partial charge in [0.15, 0.2) is 0 Å². The molecule has 0 atom stereocenters. The predicted molar refractivity (Wildman–Crippen MR) is 95.6 cm³/mol. The minimum atomic E-state index is -0.284. The first-order valence-electron chi connectivity index (χ1n) is 8.61. The second kappa shape index (κ2) is 10.0. The van der Waals surface area contributed by atoms with Crippen LogP contribution in [0.15, 0.2) is 16.8 Å². The number of likely N-dealkylation sites (tertiary alicyclic amines) is 1. The summed E-state index contributed by atoms with van der Waals surface area (Å²) in [5, 5.41) is 9.45. The van der Waals surface area contributed by atoms with E-state index in [2.05, 4.69) is 10.6 Å². The Morgan fingerprint density at radius 3 is 2.72 bits per heavy atom. The Kier molecular flexibility index (Phi) is 7.72. The van der Waals surface area contributed by atoms with Gasteiger partial charge in [0.05, 0.1) is 6.61 Å². The monoisotopic (exact) mass is 367 g/mol. The van der Waals surface area contributed by atoms with Crippen molar-refractivity contribution in [2.24, 2.45) is 0 Å². The number of ether oxygens (including phenoxy) is 1. The topological polar surface area (TPSA) is 87.7 Å². The Balaban J connectivity index is 1.57. The van der Waals surface area contributed by atoms with Gasteiger partial charge in [0.25, 0.3) is 5.91 Å². The molecule has 2 N–H and O–H groups in total. The highest BCUT2D eigenvalue weighted by Gasteiger charge is 2.24. The van der Waals surface area contributed by atoms with Gasteiger partial charge in [-0.05, 0) is 37.6 Å². The molecule has 0 aromatic carbocycles. The van der Waals surface area contributed by atoms with Crippen LogP contribution in [0.2, 0.25) is 0 Å². The van der Waals surface area contributed by atoms with E-state index in [-0.39, 0.29) is 23.9 Å². The summed E-state index contributed by atoms with van der Waals surface area (Å²) in [6.45, 7) is 3.83.